The average molecular weight is 230 g/mol. The highest BCUT2D eigenvalue weighted by Gasteiger charge is 2.08. The third kappa shape index (κ3) is 2.30. The van der Waals surface area contributed by atoms with Gasteiger partial charge in [-0.25, -0.2) is 4.98 Å². The van der Waals surface area contributed by atoms with Crippen LogP contribution in [0.2, 0.25) is 0 Å². The van der Waals surface area contributed by atoms with Gasteiger partial charge in [-0.1, -0.05) is 0 Å². The first-order chi connectivity index (χ1) is 8.09. The Kier molecular flexibility index (Phi) is 3.13. The van der Waals surface area contributed by atoms with Crippen LogP contribution in [0.25, 0.3) is 11.3 Å². The second kappa shape index (κ2) is 4.57. The lowest BCUT2D eigenvalue weighted by molar-refractivity contribution is 0.538. The van der Waals surface area contributed by atoms with Crippen molar-refractivity contribution in [2.24, 2.45) is 0 Å². The SMILES string of the molecule is CC(C)n1nccc1-c1ccc(N(C)C)nc1. The quantitative estimate of drug-likeness (QED) is 0.812. The summed E-state index contributed by atoms with van der Waals surface area (Å²) in [5.74, 6) is 0.962. The van der Waals surface area contributed by atoms with Gasteiger partial charge in [-0.15, -0.1) is 0 Å². The van der Waals surface area contributed by atoms with E-state index in [9.17, 15) is 0 Å². The number of hydrogen-bond acceptors (Lipinski definition) is 3. The summed E-state index contributed by atoms with van der Waals surface area (Å²) >= 11 is 0. The molecule has 0 amide bonds. The van der Waals surface area contributed by atoms with Crippen molar-refractivity contribution in [1.29, 1.82) is 0 Å². The van der Waals surface area contributed by atoms with Crippen LogP contribution >= 0.6 is 0 Å². The number of pyridine rings is 1. The molecule has 2 heterocycles. The normalized spacial score (nSPS) is 10.9. The predicted molar refractivity (Wildman–Crippen MR) is 70.2 cm³/mol. The molecule has 0 spiro atoms. The van der Waals surface area contributed by atoms with Crippen LogP contribution in [0, 0.1) is 0 Å². The van der Waals surface area contributed by atoms with E-state index in [2.05, 4.69) is 30.0 Å². The molecule has 2 rings (SSSR count). The highest BCUT2D eigenvalue weighted by molar-refractivity contribution is 5.60. The molecule has 2 aromatic rings. The summed E-state index contributed by atoms with van der Waals surface area (Å²) in [6.45, 7) is 4.25. The second-order valence-corrected chi connectivity index (χ2v) is 4.55. The van der Waals surface area contributed by atoms with E-state index < -0.39 is 0 Å². The zero-order valence-corrected chi connectivity index (χ0v) is 10.8. The standard InChI is InChI=1S/C13H18N4/c1-10(2)17-12(7-8-15-17)11-5-6-13(14-9-11)16(3)4/h5-10H,1-4H3. The van der Waals surface area contributed by atoms with Crippen LogP contribution in [0.3, 0.4) is 0 Å². The number of aromatic nitrogens is 3. The van der Waals surface area contributed by atoms with E-state index in [0.717, 1.165) is 17.1 Å². The van der Waals surface area contributed by atoms with Crippen molar-refractivity contribution in [3.05, 3.63) is 30.6 Å². The first-order valence-electron chi connectivity index (χ1n) is 5.77. The summed E-state index contributed by atoms with van der Waals surface area (Å²) in [5.41, 5.74) is 2.21. The van der Waals surface area contributed by atoms with Crippen molar-refractivity contribution in [3.63, 3.8) is 0 Å². The van der Waals surface area contributed by atoms with Gasteiger partial charge in [-0.3, -0.25) is 4.68 Å². The van der Waals surface area contributed by atoms with Crippen LogP contribution < -0.4 is 4.90 Å². The Labute approximate surface area is 102 Å². The number of nitrogens with zero attached hydrogens (tertiary/aromatic N) is 4. The molecule has 4 heteroatoms. The van der Waals surface area contributed by atoms with Gasteiger partial charge in [0.05, 0.1) is 5.69 Å². The fourth-order valence-electron chi connectivity index (χ4n) is 1.76. The Balaban J connectivity index is 2.37. The van der Waals surface area contributed by atoms with Crippen molar-refractivity contribution in [2.45, 2.75) is 19.9 Å². The molecule has 0 aliphatic heterocycles. The first kappa shape index (κ1) is 11.6. The molecule has 0 aromatic carbocycles. The molecule has 0 fully saturated rings. The topological polar surface area (TPSA) is 34.0 Å². The molecule has 0 bridgehead atoms. The fourth-order valence-corrected chi connectivity index (χ4v) is 1.76. The van der Waals surface area contributed by atoms with Crippen molar-refractivity contribution < 1.29 is 0 Å². The lowest BCUT2D eigenvalue weighted by Gasteiger charge is -2.13. The van der Waals surface area contributed by atoms with Gasteiger partial charge in [0.15, 0.2) is 0 Å². The van der Waals surface area contributed by atoms with Crippen LogP contribution in [-0.2, 0) is 0 Å². The van der Waals surface area contributed by atoms with Gasteiger partial charge in [0.2, 0.25) is 0 Å². The molecule has 0 saturated carbocycles. The van der Waals surface area contributed by atoms with E-state index in [0.29, 0.717) is 6.04 Å². The summed E-state index contributed by atoms with van der Waals surface area (Å²) < 4.78 is 2.01. The molecular weight excluding hydrogens is 212 g/mol. The van der Waals surface area contributed by atoms with Crippen LogP contribution in [-0.4, -0.2) is 28.9 Å². The minimum absolute atomic E-state index is 0.355. The van der Waals surface area contributed by atoms with E-state index in [1.54, 1.807) is 0 Å². The van der Waals surface area contributed by atoms with Crippen molar-refractivity contribution in [1.82, 2.24) is 14.8 Å². The van der Waals surface area contributed by atoms with E-state index in [-0.39, 0.29) is 0 Å². The molecule has 0 unspecified atom stereocenters. The third-order valence-electron chi connectivity index (χ3n) is 2.66. The molecule has 4 nitrogen and oxygen atoms in total. The molecule has 0 aliphatic rings. The molecule has 0 aliphatic carbocycles. The smallest absolute Gasteiger partial charge is 0.127 e. The zero-order chi connectivity index (χ0) is 12.4. The summed E-state index contributed by atoms with van der Waals surface area (Å²) in [6, 6.07) is 6.48. The van der Waals surface area contributed by atoms with Gasteiger partial charge >= 0.3 is 0 Å². The minimum Gasteiger partial charge on any atom is -0.363 e. The second-order valence-electron chi connectivity index (χ2n) is 4.55. The first-order valence-corrected chi connectivity index (χ1v) is 5.77. The lowest BCUT2D eigenvalue weighted by atomic mass is 10.2. The molecule has 0 radical (unpaired) electrons. The molecule has 2 aromatic heterocycles. The van der Waals surface area contributed by atoms with Crippen molar-refractivity contribution >= 4 is 5.82 Å². The minimum atomic E-state index is 0.355. The summed E-state index contributed by atoms with van der Waals surface area (Å²) in [7, 11) is 3.97. The summed E-state index contributed by atoms with van der Waals surface area (Å²) in [6.07, 6.45) is 3.72. The van der Waals surface area contributed by atoms with Crippen LogP contribution in [0.1, 0.15) is 19.9 Å². The zero-order valence-electron chi connectivity index (χ0n) is 10.8. The average Bonchev–Trinajstić information content (AvgIpc) is 2.78. The Morgan fingerprint density at radius 2 is 1.94 bits per heavy atom. The lowest BCUT2D eigenvalue weighted by Crippen LogP contribution is -2.10. The molecule has 17 heavy (non-hydrogen) atoms. The summed E-state index contributed by atoms with van der Waals surface area (Å²) in [5, 5.41) is 4.33. The highest BCUT2D eigenvalue weighted by Crippen LogP contribution is 2.22. The maximum atomic E-state index is 4.42. The van der Waals surface area contributed by atoms with Gasteiger partial charge in [-0.05, 0) is 32.0 Å². The Morgan fingerprint density at radius 3 is 2.47 bits per heavy atom. The predicted octanol–water partition coefficient (Wildman–Crippen LogP) is 2.59. The number of hydrogen-bond donors (Lipinski definition) is 0. The van der Waals surface area contributed by atoms with Crippen LogP contribution in [0.15, 0.2) is 30.6 Å². The Bertz CT molecular complexity index is 482. The number of anilines is 1. The van der Waals surface area contributed by atoms with Crippen molar-refractivity contribution in [3.8, 4) is 11.3 Å². The number of rotatable bonds is 3. The van der Waals surface area contributed by atoms with E-state index in [1.165, 1.54) is 0 Å². The van der Waals surface area contributed by atoms with E-state index in [1.807, 2.05) is 48.2 Å². The van der Waals surface area contributed by atoms with Gasteiger partial charge in [0.1, 0.15) is 5.82 Å². The molecule has 90 valence electrons. The Hall–Kier alpha value is -1.84. The molecular formula is C13H18N4. The molecule has 0 N–H and O–H groups in total. The van der Waals surface area contributed by atoms with Crippen LogP contribution in [0.5, 0.6) is 0 Å². The van der Waals surface area contributed by atoms with Crippen molar-refractivity contribution in [2.75, 3.05) is 19.0 Å². The Morgan fingerprint density at radius 1 is 1.18 bits per heavy atom. The van der Waals surface area contributed by atoms with Gasteiger partial charge in [0, 0.05) is 38.1 Å². The maximum absolute atomic E-state index is 4.42. The van der Waals surface area contributed by atoms with Gasteiger partial charge in [0.25, 0.3) is 0 Å². The third-order valence-corrected chi connectivity index (χ3v) is 2.66. The monoisotopic (exact) mass is 230 g/mol. The van der Waals surface area contributed by atoms with E-state index >= 15 is 0 Å². The van der Waals surface area contributed by atoms with Crippen LogP contribution in [0.4, 0.5) is 5.82 Å². The van der Waals surface area contributed by atoms with Gasteiger partial charge in [-0.2, -0.15) is 5.10 Å². The highest BCUT2D eigenvalue weighted by atomic mass is 15.3. The van der Waals surface area contributed by atoms with Gasteiger partial charge < -0.3 is 4.90 Å². The van der Waals surface area contributed by atoms with E-state index in [4.69, 9.17) is 0 Å². The maximum Gasteiger partial charge on any atom is 0.127 e. The molecule has 0 saturated heterocycles. The summed E-state index contributed by atoms with van der Waals surface area (Å²) in [4.78, 5) is 6.41. The molecule has 0 atom stereocenters. The largest absolute Gasteiger partial charge is 0.363 e. The fraction of sp³-hybridized carbons (Fsp3) is 0.385.